The quantitative estimate of drug-likeness (QED) is 0.725. The molecule has 0 bridgehead atoms. The summed E-state index contributed by atoms with van der Waals surface area (Å²) in [6.07, 6.45) is -1.22. The zero-order valence-electron chi connectivity index (χ0n) is 14.5. The fourth-order valence-corrected chi connectivity index (χ4v) is 2.81. The predicted octanol–water partition coefficient (Wildman–Crippen LogP) is 4.58. The van der Waals surface area contributed by atoms with Gasteiger partial charge in [0.15, 0.2) is 11.9 Å². The zero-order valence-corrected chi connectivity index (χ0v) is 15.3. The minimum atomic E-state index is -1.22. The Balaban J connectivity index is 2.36. The third-order valence-electron chi connectivity index (χ3n) is 4.23. The number of aryl methyl sites for hydroxylation is 2. The predicted molar refractivity (Wildman–Crippen MR) is 100 cm³/mol. The number of fused-ring (bicyclic) bond motifs is 1. The molecule has 3 aromatic rings. The molecule has 0 fully saturated rings. The van der Waals surface area contributed by atoms with E-state index in [4.69, 9.17) is 25.9 Å². The van der Waals surface area contributed by atoms with E-state index in [1.807, 2.05) is 13.8 Å². The van der Waals surface area contributed by atoms with Crippen LogP contribution in [0, 0.1) is 13.8 Å². The summed E-state index contributed by atoms with van der Waals surface area (Å²) < 4.78 is 11.4. The van der Waals surface area contributed by atoms with E-state index in [2.05, 4.69) is 0 Å². The van der Waals surface area contributed by atoms with Crippen LogP contribution in [0.3, 0.4) is 0 Å². The highest BCUT2D eigenvalue weighted by Crippen LogP contribution is 2.36. The van der Waals surface area contributed by atoms with Crippen molar-refractivity contribution in [3.8, 4) is 17.1 Å². The Bertz CT molecular complexity index is 1070. The summed E-state index contributed by atoms with van der Waals surface area (Å²) in [4.78, 5) is 24.2. The van der Waals surface area contributed by atoms with Gasteiger partial charge in [-0.1, -0.05) is 23.7 Å². The molecule has 1 aromatic heterocycles. The SMILES string of the molecule is Cc1cc2oc(-c3ccccc3Cl)c(O[C@@H](C)C(=O)O)c(=O)c2cc1C. The molecule has 1 heterocycles. The van der Waals surface area contributed by atoms with Crippen molar-refractivity contribution in [3.05, 3.63) is 62.8 Å². The highest BCUT2D eigenvalue weighted by atomic mass is 35.5. The number of halogens is 1. The second-order valence-corrected chi connectivity index (χ2v) is 6.51. The van der Waals surface area contributed by atoms with Gasteiger partial charge in [0.1, 0.15) is 5.58 Å². The van der Waals surface area contributed by atoms with Crippen molar-refractivity contribution in [3.63, 3.8) is 0 Å². The van der Waals surface area contributed by atoms with Crippen LogP contribution in [0.5, 0.6) is 5.75 Å². The van der Waals surface area contributed by atoms with E-state index in [1.54, 1.807) is 36.4 Å². The molecule has 0 spiro atoms. The lowest BCUT2D eigenvalue weighted by molar-refractivity contribution is -0.144. The molecule has 1 N–H and O–H groups in total. The molecule has 0 radical (unpaired) electrons. The van der Waals surface area contributed by atoms with Crippen LogP contribution in [-0.2, 0) is 4.79 Å². The lowest BCUT2D eigenvalue weighted by atomic mass is 10.0. The summed E-state index contributed by atoms with van der Waals surface area (Å²) in [5, 5.41) is 9.86. The van der Waals surface area contributed by atoms with Gasteiger partial charge in [0.25, 0.3) is 0 Å². The molecule has 26 heavy (non-hydrogen) atoms. The summed E-state index contributed by atoms with van der Waals surface area (Å²) in [7, 11) is 0. The van der Waals surface area contributed by atoms with Crippen molar-refractivity contribution in [2.75, 3.05) is 0 Å². The number of carboxylic acids is 1. The molecule has 134 valence electrons. The van der Waals surface area contributed by atoms with Crippen LogP contribution in [-0.4, -0.2) is 17.2 Å². The van der Waals surface area contributed by atoms with E-state index in [-0.39, 0.29) is 11.5 Å². The van der Waals surface area contributed by atoms with Crippen LogP contribution in [0.1, 0.15) is 18.1 Å². The highest BCUT2D eigenvalue weighted by molar-refractivity contribution is 6.33. The van der Waals surface area contributed by atoms with Gasteiger partial charge in [0.2, 0.25) is 11.2 Å². The Labute approximate surface area is 154 Å². The first kappa shape index (κ1) is 18.0. The van der Waals surface area contributed by atoms with E-state index < -0.39 is 17.5 Å². The highest BCUT2D eigenvalue weighted by Gasteiger charge is 2.24. The van der Waals surface area contributed by atoms with Gasteiger partial charge in [-0.05, 0) is 56.2 Å². The Morgan fingerprint density at radius 3 is 2.50 bits per heavy atom. The molecule has 0 amide bonds. The van der Waals surface area contributed by atoms with Crippen LogP contribution in [0.25, 0.3) is 22.3 Å². The van der Waals surface area contributed by atoms with E-state index in [0.29, 0.717) is 21.6 Å². The number of ether oxygens (including phenoxy) is 1. The monoisotopic (exact) mass is 372 g/mol. The van der Waals surface area contributed by atoms with Gasteiger partial charge in [0, 0.05) is 5.56 Å². The molecule has 0 aliphatic carbocycles. The normalized spacial score (nSPS) is 12.2. The average molecular weight is 373 g/mol. The molecule has 0 aliphatic heterocycles. The van der Waals surface area contributed by atoms with E-state index in [1.165, 1.54) is 6.92 Å². The molecule has 0 unspecified atom stereocenters. The van der Waals surface area contributed by atoms with Crippen LogP contribution in [0.2, 0.25) is 5.02 Å². The summed E-state index contributed by atoms with van der Waals surface area (Å²) in [6.45, 7) is 5.15. The van der Waals surface area contributed by atoms with Gasteiger partial charge in [-0.2, -0.15) is 0 Å². The first-order valence-electron chi connectivity index (χ1n) is 8.02. The van der Waals surface area contributed by atoms with Gasteiger partial charge in [-0.15, -0.1) is 0 Å². The fourth-order valence-electron chi connectivity index (χ4n) is 2.59. The second kappa shape index (κ2) is 6.84. The molecular weight excluding hydrogens is 356 g/mol. The molecule has 1 atom stereocenters. The maximum absolute atomic E-state index is 13.0. The Hall–Kier alpha value is -2.79. The molecule has 0 saturated heterocycles. The lowest BCUT2D eigenvalue weighted by Crippen LogP contribution is -2.26. The topological polar surface area (TPSA) is 76.7 Å². The van der Waals surface area contributed by atoms with Crippen molar-refractivity contribution in [1.82, 2.24) is 0 Å². The molecule has 5 nitrogen and oxygen atoms in total. The summed E-state index contributed by atoms with van der Waals surface area (Å²) >= 11 is 6.26. The Morgan fingerprint density at radius 1 is 1.19 bits per heavy atom. The van der Waals surface area contributed by atoms with E-state index in [9.17, 15) is 9.59 Å². The maximum atomic E-state index is 13.0. The van der Waals surface area contributed by atoms with Crippen LogP contribution in [0.4, 0.5) is 0 Å². The smallest absolute Gasteiger partial charge is 0.344 e. The van der Waals surface area contributed by atoms with Crippen molar-refractivity contribution in [1.29, 1.82) is 0 Å². The third kappa shape index (κ3) is 3.18. The average Bonchev–Trinajstić information content (AvgIpc) is 2.59. The molecule has 0 aliphatic rings. The summed E-state index contributed by atoms with van der Waals surface area (Å²) in [5.74, 6) is -1.23. The third-order valence-corrected chi connectivity index (χ3v) is 4.56. The molecule has 0 saturated carbocycles. The minimum Gasteiger partial charge on any atom is -0.479 e. The number of hydrogen-bond donors (Lipinski definition) is 1. The summed E-state index contributed by atoms with van der Waals surface area (Å²) in [5.41, 5.74) is 2.31. The zero-order chi connectivity index (χ0) is 19.0. The van der Waals surface area contributed by atoms with Crippen molar-refractivity contribution < 1.29 is 19.1 Å². The number of rotatable bonds is 4. The first-order chi connectivity index (χ1) is 12.3. The standard InChI is InChI=1S/C20H17ClO5/c1-10-8-14-16(9-11(10)2)26-18(13-6-4-5-7-15(13)21)19(17(14)22)25-12(3)20(23)24/h4-9,12H,1-3H3,(H,23,24)/t12-/m0/s1. The number of benzene rings is 2. The van der Waals surface area contributed by atoms with Crippen molar-refractivity contribution in [2.24, 2.45) is 0 Å². The van der Waals surface area contributed by atoms with Crippen molar-refractivity contribution >= 4 is 28.5 Å². The van der Waals surface area contributed by atoms with Gasteiger partial charge in [-0.3, -0.25) is 4.79 Å². The van der Waals surface area contributed by atoms with E-state index in [0.717, 1.165) is 11.1 Å². The largest absolute Gasteiger partial charge is 0.479 e. The summed E-state index contributed by atoms with van der Waals surface area (Å²) in [6, 6.07) is 10.3. The first-order valence-corrected chi connectivity index (χ1v) is 8.39. The Morgan fingerprint density at radius 2 is 1.85 bits per heavy atom. The lowest BCUT2D eigenvalue weighted by Gasteiger charge is -2.15. The van der Waals surface area contributed by atoms with Gasteiger partial charge < -0.3 is 14.3 Å². The van der Waals surface area contributed by atoms with Gasteiger partial charge in [0.05, 0.1) is 10.4 Å². The Kier molecular flexibility index (Phi) is 4.74. The van der Waals surface area contributed by atoms with Crippen molar-refractivity contribution in [2.45, 2.75) is 26.9 Å². The molecule has 2 aromatic carbocycles. The number of hydrogen-bond acceptors (Lipinski definition) is 4. The van der Waals surface area contributed by atoms with Gasteiger partial charge in [-0.25, -0.2) is 4.79 Å². The van der Waals surface area contributed by atoms with Crippen LogP contribution < -0.4 is 10.2 Å². The van der Waals surface area contributed by atoms with Crippen LogP contribution in [0.15, 0.2) is 45.6 Å². The molecular formula is C20H17ClO5. The van der Waals surface area contributed by atoms with E-state index >= 15 is 0 Å². The molecule has 6 heteroatoms. The second-order valence-electron chi connectivity index (χ2n) is 6.10. The van der Waals surface area contributed by atoms with Crippen LogP contribution >= 0.6 is 11.6 Å². The number of aliphatic carboxylic acids is 1. The number of carbonyl (C=O) groups is 1. The maximum Gasteiger partial charge on any atom is 0.344 e. The fraction of sp³-hybridized carbons (Fsp3) is 0.200. The molecule has 3 rings (SSSR count). The minimum absolute atomic E-state index is 0.115. The van der Waals surface area contributed by atoms with Gasteiger partial charge >= 0.3 is 5.97 Å². The number of carboxylic acid groups (broad SMARTS) is 1.